The Labute approximate surface area is 77.6 Å². The Morgan fingerprint density at radius 3 is 2.54 bits per heavy atom. The fourth-order valence-electron chi connectivity index (χ4n) is 1.71. The van der Waals surface area contributed by atoms with Crippen LogP contribution in [0.1, 0.15) is 17.1 Å². The van der Waals surface area contributed by atoms with Crippen LogP contribution in [0.2, 0.25) is 0 Å². The Kier molecular flexibility index (Phi) is 1.76. The number of hydrogen-bond donors (Lipinski definition) is 0. The molecule has 0 bridgehead atoms. The van der Waals surface area contributed by atoms with Gasteiger partial charge in [0, 0.05) is 11.1 Å². The number of aromatic nitrogens is 2. The number of nitrogens with zero attached hydrogens (tertiary/aromatic N) is 2. The fraction of sp³-hybridized carbons (Fsp3) is 0.273. The molecule has 0 fully saturated rings. The molecule has 0 aliphatic carbocycles. The molecule has 66 valence electrons. The average Bonchev–Trinajstić information content (AvgIpc) is 2.02. The van der Waals surface area contributed by atoms with E-state index in [1.807, 2.05) is 26.0 Å². The third-order valence-corrected chi connectivity index (χ3v) is 2.22. The number of hydrogen-bond acceptors (Lipinski definition) is 2. The summed E-state index contributed by atoms with van der Waals surface area (Å²) in [6, 6.07) is 6.15. The molecule has 13 heavy (non-hydrogen) atoms. The third-order valence-electron chi connectivity index (χ3n) is 2.22. The molecule has 0 atom stereocenters. The molecule has 0 aliphatic rings. The van der Waals surface area contributed by atoms with Gasteiger partial charge in [0.05, 0.1) is 5.52 Å². The van der Waals surface area contributed by atoms with Crippen molar-refractivity contribution in [3.05, 3.63) is 35.3 Å². The molecular weight excluding hydrogens is 160 g/mol. The first-order valence-corrected chi connectivity index (χ1v) is 4.39. The van der Waals surface area contributed by atoms with Gasteiger partial charge in [-0.15, -0.1) is 0 Å². The summed E-state index contributed by atoms with van der Waals surface area (Å²) in [5.41, 5.74) is 3.36. The molecule has 0 unspecified atom stereocenters. The monoisotopic (exact) mass is 172 g/mol. The van der Waals surface area contributed by atoms with E-state index in [1.54, 1.807) is 0 Å². The van der Waals surface area contributed by atoms with Crippen molar-refractivity contribution in [3.8, 4) is 0 Å². The second-order valence-corrected chi connectivity index (χ2v) is 3.33. The first-order chi connectivity index (χ1) is 6.18. The number of fused-ring (bicyclic) bond motifs is 1. The lowest BCUT2D eigenvalue weighted by molar-refractivity contribution is 1.05. The Morgan fingerprint density at radius 1 is 1.00 bits per heavy atom. The molecule has 0 radical (unpaired) electrons. The van der Waals surface area contributed by atoms with Crippen LogP contribution in [0, 0.1) is 20.8 Å². The van der Waals surface area contributed by atoms with Gasteiger partial charge in [0.15, 0.2) is 0 Å². The maximum atomic E-state index is 4.39. The molecule has 1 aromatic carbocycles. The highest BCUT2D eigenvalue weighted by Crippen LogP contribution is 2.18. The lowest BCUT2D eigenvalue weighted by Crippen LogP contribution is -1.94. The molecule has 2 rings (SSSR count). The van der Waals surface area contributed by atoms with Crippen LogP contribution in [0.15, 0.2) is 18.2 Å². The maximum absolute atomic E-state index is 4.39. The maximum Gasteiger partial charge on any atom is 0.126 e. The molecule has 0 N–H and O–H groups in total. The molecule has 1 aromatic heterocycles. The normalized spacial score (nSPS) is 10.7. The Bertz CT molecular complexity index is 461. The van der Waals surface area contributed by atoms with Crippen LogP contribution < -0.4 is 0 Å². The van der Waals surface area contributed by atoms with Crippen molar-refractivity contribution in [2.75, 3.05) is 0 Å². The lowest BCUT2D eigenvalue weighted by atomic mass is 10.1. The van der Waals surface area contributed by atoms with Gasteiger partial charge < -0.3 is 0 Å². The minimum Gasteiger partial charge on any atom is -0.238 e. The summed E-state index contributed by atoms with van der Waals surface area (Å²) in [6.45, 7) is 6.05. The van der Waals surface area contributed by atoms with E-state index in [0.717, 1.165) is 17.0 Å². The molecule has 0 saturated carbocycles. The minimum absolute atomic E-state index is 0.843. The van der Waals surface area contributed by atoms with Gasteiger partial charge in [0.2, 0.25) is 0 Å². The van der Waals surface area contributed by atoms with E-state index in [1.165, 1.54) is 10.9 Å². The van der Waals surface area contributed by atoms with Crippen molar-refractivity contribution in [3.63, 3.8) is 0 Å². The second kappa shape index (κ2) is 2.80. The first kappa shape index (κ1) is 8.17. The first-order valence-electron chi connectivity index (χ1n) is 4.39. The minimum atomic E-state index is 0.843. The molecule has 0 amide bonds. The van der Waals surface area contributed by atoms with E-state index in [-0.39, 0.29) is 0 Å². The van der Waals surface area contributed by atoms with Gasteiger partial charge >= 0.3 is 0 Å². The van der Waals surface area contributed by atoms with Crippen LogP contribution in [0.4, 0.5) is 0 Å². The largest absolute Gasteiger partial charge is 0.238 e. The van der Waals surface area contributed by atoms with E-state index in [2.05, 4.69) is 23.0 Å². The van der Waals surface area contributed by atoms with E-state index >= 15 is 0 Å². The Hall–Kier alpha value is -1.44. The highest BCUT2D eigenvalue weighted by molar-refractivity contribution is 5.84. The summed E-state index contributed by atoms with van der Waals surface area (Å²) in [7, 11) is 0. The fourth-order valence-corrected chi connectivity index (χ4v) is 1.71. The molecule has 0 spiro atoms. The zero-order chi connectivity index (χ0) is 9.42. The van der Waals surface area contributed by atoms with E-state index in [9.17, 15) is 0 Å². The van der Waals surface area contributed by atoms with Crippen molar-refractivity contribution in [1.82, 2.24) is 9.97 Å². The van der Waals surface area contributed by atoms with Crippen molar-refractivity contribution in [2.45, 2.75) is 20.8 Å². The highest BCUT2D eigenvalue weighted by atomic mass is 14.9. The lowest BCUT2D eigenvalue weighted by Gasteiger charge is -2.04. The SMILES string of the molecule is Cc1nc(C)c2c(C)cccc2n1. The zero-order valence-electron chi connectivity index (χ0n) is 8.13. The van der Waals surface area contributed by atoms with Gasteiger partial charge in [-0.05, 0) is 32.4 Å². The molecule has 1 heterocycles. The predicted octanol–water partition coefficient (Wildman–Crippen LogP) is 2.56. The predicted molar refractivity (Wildman–Crippen MR) is 53.7 cm³/mol. The number of rotatable bonds is 0. The molecule has 0 saturated heterocycles. The third kappa shape index (κ3) is 1.28. The molecular formula is C11H12N2. The van der Waals surface area contributed by atoms with Gasteiger partial charge in [-0.3, -0.25) is 0 Å². The smallest absolute Gasteiger partial charge is 0.126 e. The van der Waals surface area contributed by atoms with E-state index in [0.29, 0.717) is 0 Å². The van der Waals surface area contributed by atoms with Crippen molar-refractivity contribution < 1.29 is 0 Å². The summed E-state index contributed by atoms with van der Waals surface area (Å²) in [4.78, 5) is 8.74. The summed E-state index contributed by atoms with van der Waals surface area (Å²) < 4.78 is 0. The van der Waals surface area contributed by atoms with Crippen LogP contribution in [0.25, 0.3) is 10.9 Å². The summed E-state index contributed by atoms with van der Waals surface area (Å²) in [5, 5.41) is 1.19. The van der Waals surface area contributed by atoms with Crippen LogP contribution in [-0.2, 0) is 0 Å². The van der Waals surface area contributed by atoms with Crippen molar-refractivity contribution in [2.24, 2.45) is 0 Å². The van der Waals surface area contributed by atoms with E-state index in [4.69, 9.17) is 0 Å². The Balaban J connectivity index is 2.94. The quantitative estimate of drug-likeness (QED) is 0.610. The van der Waals surface area contributed by atoms with Crippen molar-refractivity contribution >= 4 is 10.9 Å². The standard InChI is InChI=1S/C11H12N2/c1-7-5-4-6-10-11(7)8(2)12-9(3)13-10/h4-6H,1-3H3. The molecule has 2 heteroatoms. The average molecular weight is 172 g/mol. The van der Waals surface area contributed by atoms with Gasteiger partial charge in [0.25, 0.3) is 0 Å². The van der Waals surface area contributed by atoms with Gasteiger partial charge in [-0.25, -0.2) is 9.97 Å². The number of aryl methyl sites for hydroxylation is 3. The topological polar surface area (TPSA) is 25.8 Å². The summed E-state index contributed by atoms with van der Waals surface area (Å²) in [6.07, 6.45) is 0. The van der Waals surface area contributed by atoms with Gasteiger partial charge in [0.1, 0.15) is 5.82 Å². The van der Waals surface area contributed by atoms with Crippen LogP contribution in [0.5, 0.6) is 0 Å². The van der Waals surface area contributed by atoms with Crippen LogP contribution in [-0.4, -0.2) is 9.97 Å². The zero-order valence-corrected chi connectivity index (χ0v) is 8.13. The molecule has 2 aromatic rings. The van der Waals surface area contributed by atoms with Crippen molar-refractivity contribution in [1.29, 1.82) is 0 Å². The van der Waals surface area contributed by atoms with E-state index < -0.39 is 0 Å². The van der Waals surface area contributed by atoms with Crippen LogP contribution >= 0.6 is 0 Å². The van der Waals surface area contributed by atoms with Gasteiger partial charge in [-0.1, -0.05) is 12.1 Å². The summed E-state index contributed by atoms with van der Waals surface area (Å²) in [5.74, 6) is 0.843. The van der Waals surface area contributed by atoms with Crippen LogP contribution in [0.3, 0.4) is 0 Å². The second-order valence-electron chi connectivity index (χ2n) is 3.33. The number of benzene rings is 1. The molecule has 2 nitrogen and oxygen atoms in total. The summed E-state index contributed by atoms with van der Waals surface area (Å²) >= 11 is 0. The highest BCUT2D eigenvalue weighted by Gasteiger charge is 2.02. The Morgan fingerprint density at radius 2 is 1.77 bits per heavy atom. The molecule has 0 aliphatic heterocycles. The van der Waals surface area contributed by atoms with Gasteiger partial charge in [-0.2, -0.15) is 0 Å².